The predicted octanol–water partition coefficient (Wildman–Crippen LogP) is 1.77. The number of nitrogens with one attached hydrogen (secondary N) is 2. The topological polar surface area (TPSA) is 30.5 Å². The number of hydrogen-bond acceptors (Lipinski definition) is 4. The second kappa shape index (κ2) is 10.6. The van der Waals surface area contributed by atoms with Crippen LogP contribution in [0.1, 0.15) is 18.9 Å². The lowest BCUT2D eigenvalue weighted by atomic mass is 10.2. The third-order valence-corrected chi connectivity index (χ3v) is 3.61. The van der Waals surface area contributed by atoms with Crippen molar-refractivity contribution >= 4 is 5.69 Å². The first-order chi connectivity index (χ1) is 10.2. The van der Waals surface area contributed by atoms with E-state index >= 15 is 0 Å². The van der Waals surface area contributed by atoms with Gasteiger partial charge in [0.05, 0.1) is 0 Å². The molecule has 21 heavy (non-hydrogen) atoms. The van der Waals surface area contributed by atoms with E-state index in [1.165, 1.54) is 17.7 Å². The molecular weight excluding hydrogens is 260 g/mol. The Bertz CT molecular complexity index is 362. The smallest absolute Gasteiger partial charge is 0.0366 e. The Labute approximate surface area is 130 Å². The lowest BCUT2D eigenvalue weighted by molar-refractivity contribution is 0.414. The van der Waals surface area contributed by atoms with Crippen LogP contribution in [0.15, 0.2) is 24.3 Å². The molecule has 0 saturated heterocycles. The van der Waals surface area contributed by atoms with Gasteiger partial charge in [-0.25, -0.2) is 0 Å². The number of rotatable bonds is 11. The summed E-state index contributed by atoms with van der Waals surface area (Å²) in [7, 11) is 6.24. The molecule has 0 aliphatic rings. The van der Waals surface area contributed by atoms with Crippen molar-refractivity contribution in [3.05, 3.63) is 29.8 Å². The molecule has 0 heterocycles. The average Bonchev–Trinajstić information content (AvgIpc) is 2.49. The van der Waals surface area contributed by atoms with E-state index in [1.54, 1.807) is 0 Å². The lowest BCUT2D eigenvalue weighted by Gasteiger charge is -2.25. The third-order valence-electron chi connectivity index (χ3n) is 3.61. The summed E-state index contributed by atoms with van der Waals surface area (Å²) in [5.41, 5.74) is 2.67. The maximum atomic E-state index is 3.48. The Morgan fingerprint density at radius 2 is 1.71 bits per heavy atom. The summed E-state index contributed by atoms with van der Waals surface area (Å²) in [5.74, 6) is 0. The fourth-order valence-electron chi connectivity index (χ4n) is 2.24. The molecule has 0 unspecified atom stereocenters. The van der Waals surface area contributed by atoms with Gasteiger partial charge < -0.3 is 20.4 Å². The highest BCUT2D eigenvalue weighted by molar-refractivity contribution is 5.47. The van der Waals surface area contributed by atoms with Crippen molar-refractivity contribution in [1.82, 2.24) is 15.5 Å². The molecule has 0 atom stereocenters. The largest absolute Gasteiger partial charge is 0.371 e. The van der Waals surface area contributed by atoms with Gasteiger partial charge in [0, 0.05) is 31.9 Å². The van der Waals surface area contributed by atoms with E-state index in [-0.39, 0.29) is 0 Å². The molecule has 4 nitrogen and oxygen atoms in total. The Morgan fingerprint density at radius 3 is 2.29 bits per heavy atom. The number of nitrogens with zero attached hydrogens (tertiary/aromatic N) is 2. The Hall–Kier alpha value is -1.10. The lowest BCUT2D eigenvalue weighted by Crippen LogP contribution is -2.31. The van der Waals surface area contributed by atoms with Crippen molar-refractivity contribution in [3.8, 4) is 0 Å². The highest BCUT2D eigenvalue weighted by Gasteiger charge is 2.04. The van der Waals surface area contributed by atoms with Gasteiger partial charge in [0.1, 0.15) is 0 Å². The van der Waals surface area contributed by atoms with Crippen LogP contribution in [-0.4, -0.2) is 58.8 Å². The van der Waals surface area contributed by atoms with Crippen molar-refractivity contribution < 1.29 is 0 Å². The van der Waals surface area contributed by atoms with Crippen LogP contribution in [0.3, 0.4) is 0 Å². The van der Waals surface area contributed by atoms with Gasteiger partial charge in [-0.1, -0.05) is 12.1 Å². The number of likely N-dealkylation sites (N-methyl/N-ethyl adjacent to an activating group) is 2. The summed E-state index contributed by atoms with van der Waals surface area (Å²) in [4.78, 5) is 4.65. The molecule has 0 aliphatic heterocycles. The molecule has 0 aliphatic carbocycles. The highest BCUT2D eigenvalue weighted by atomic mass is 15.2. The van der Waals surface area contributed by atoms with E-state index in [1.807, 2.05) is 7.05 Å². The van der Waals surface area contributed by atoms with Gasteiger partial charge in [0.2, 0.25) is 0 Å². The van der Waals surface area contributed by atoms with Crippen LogP contribution in [-0.2, 0) is 6.54 Å². The molecule has 0 saturated carbocycles. The van der Waals surface area contributed by atoms with Crippen molar-refractivity contribution in [3.63, 3.8) is 0 Å². The van der Waals surface area contributed by atoms with Crippen LogP contribution in [0.2, 0.25) is 0 Å². The van der Waals surface area contributed by atoms with E-state index < -0.39 is 0 Å². The van der Waals surface area contributed by atoms with Crippen LogP contribution in [0.5, 0.6) is 0 Å². The Balaban J connectivity index is 2.40. The number of anilines is 1. The number of benzene rings is 1. The minimum absolute atomic E-state index is 0.952. The minimum Gasteiger partial charge on any atom is -0.371 e. The van der Waals surface area contributed by atoms with Crippen molar-refractivity contribution in [2.75, 3.05) is 58.8 Å². The van der Waals surface area contributed by atoms with E-state index in [0.29, 0.717) is 0 Å². The maximum absolute atomic E-state index is 3.48. The maximum Gasteiger partial charge on any atom is 0.0366 e. The summed E-state index contributed by atoms with van der Waals surface area (Å²) in [6, 6.07) is 8.95. The zero-order valence-electron chi connectivity index (χ0n) is 14.2. The summed E-state index contributed by atoms with van der Waals surface area (Å²) >= 11 is 0. The Morgan fingerprint density at radius 1 is 1.00 bits per heavy atom. The third kappa shape index (κ3) is 7.46. The van der Waals surface area contributed by atoms with Crippen LogP contribution in [0.25, 0.3) is 0 Å². The molecular formula is C17H32N4. The Kier molecular flexibility index (Phi) is 9.06. The molecule has 0 bridgehead atoms. The van der Waals surface area contributed by atoms with Crippen molar-refractivity contribution in [1.29, 1.82) is 0 Å². The molecule has 1 rings (SSSR count). The molecule has 4 heteroatoms. The van der Waals surface area contributed by atoms with Crippen LogP contribution >= 0.6 is 0 Å². The fourth-order valence-corrected chi connectivity index (χ4v) is 2.24. The van der Waals surface area contributed by atoms with E-state index in [2.05, 4.69) is 65.7 Å². The van der Waals surface area contributed by atoms with Gasteiger partial charge in [-0.3, -0.25) is 0 Å². The molecule has 0 spiro atoms. The SMILES string of the molecule is CCN(CCN(C)C)c1ccc(CNCCCNC)cc1. The van der Waals surface area contributed by atoms with Gasteiger partial charge >= 0.3 is 0 Å². The fraction of sp³-hybridized carbons (Fsp3) is 0.647. The minimum atomic E-state index is 0.952. The standard InChI is InChI=1S/C17H32N4/c1-5-21(14-13-20(3)4)17-9-7-16(8-10-17)15-19-12-6-11-18-2/h7-10,18-19H,5-6,11-15H2,1-4H3. The monoisotopic (exact) mass is 292 g/mol. The zero-order valence-corrected chi connectivity index (χ0v) is 14.2. The number of hydrogen-bond donors (Lipinski definition) is 2. The van der Waals surface area contributed by atoms with Gasteiger partial charge in [-0.05, 0) is 65.3 Å². The quantitative estimate of drug-likeness (QED) is 0.609. The molecule has 120 valence electrons. The first kappa shape index (κ1) is 18.0. The van der Waals surface area contributed by atoms with Crippen LogP contribution in [0, 0.1) is 0 Å². The summed E-state index contributed by atoms with van der Waals surface area (Å²) in [6.07, 6.45) is 1.17. The summed E-state index contributed by atoms with van der Waals surface area (Å²) in [5, 5.41) is 6.64. The molecule has 1 aromatic carbocycles. The second-order valence-corrected chi connectivity index (χ2v) is 5.68. The van der Waals surface area contributed by atoms with Gasteiger partial charge in [0.15, 0.2) is 0 Å². The normalized spacial score (nSPS) is 11.1. The molecule has 1 aromatic rings. The molecule has 0 amide bonds. The van der Waals surface area contributed by atoms with Crippen LogP contribution < -0.4 is 15.5 Å². The predicted molar refractivity (Wildman–Crippen MR) is 93.1 cm³/mol. The zero-order chi connectivity index (χ0) is 15.5. The first-order valence-corrected chi connectivity index (χ1v) is 8.01. The molecule has 0 fully saturated rings. The summed E-state index contributed by atoms with van der Waals surface area (Å²) < 4.78 is 0. The average molecular weight is 292 g/mol. The summed E-state index contributed by atoms with van der Waals surface area (Å²) in [6.45, 7) is 8.51. The van der Waals surface area contributed by atoms with Gasteiger partial charge in [-0.2, -0.15) is 0 Å². The van der Waals surface area contributed by atoms with E-state index in [4.69, 9.17) is 0 Å². The van der Waals surface area contributed by atoms with Crippen molar-refractivity contribution in [2.24, 2.45) is 0 Å². The molecule has 2 N–H and O–H groups in total. The molecule has 0 radical (unpaired) electrons. The van der Waals surface area contributed by atoms with Gasteiger partial charge in [0.25, 0.3) is 0 Å². The van der Waals surface area contributed by atoms with Gasteiger partial charge in [-0.15, -0.1) is 0 Å². The van der Waals surface area contributed by atoms with E-state index in [0.717, 1.165) is 39.3 Å². The molecule has 0 aromatic heterocycles. The van der Waals surface area contributed by atoms with Crippen molar-refractivity contribution in [2.45, 2.75) is 19.9 Å². The van der Waals surface area contributed by atoms with Crippen LogP contribution in [0.4, 0.5) is 5.69 Å². The first-order valence-electron chi connectivity index (χ1n) is 8.01. The van der Waals surface area contributed by atoms with E-state index in [9.17, 15) is 0 Å². The second-order valence-electron chi connectivity index (χ2n) is 5.68. The highest BCUT2D eigenvalue weighted by Crippen LogP contribution is 2.15.